The lowest BCUT2D eigenvalue weighted by Gasteiger charge is -2.43. The van der Waals surface area contributed by atoms with Crippen molar-refractivity contribution in [2.45, 2.75) is 45.8 Å². The van der Waals surface area contributed by atoms with Crippen LogP contribution in [0, 0.1) is 0 Å². The molecule has 0 spiro atoms. The van der Waals surface area contributed by atoms with Crippen LogP contribution in [0.2, 0.25) is 0 Å². The second kappa shape index (κ2) is 7.56. The Labute approximate surface area is 151 Å². The standard InChI is InChI=1S/C19H29N3O2S/c1-4-16-5-6-17(20-11-16)12-22-10-9-21(8-7-15(2)3)18-13-25(23,24)14-19(18)22/h5-7,11,18-19H,4,8-10,12-14H2,1-3H3/t18-,19+/m1/s1. The van der Waals surface area contributed by atoms with Crippen molar-refractivity contribution >= 4 is 9.84 Å². The predicted octanol–water partition coefficient (Wildman–Crippen LogP) is 1.89. The first-order valence-electron chi connectivity index (χ1n) is 9.13. The maximum Gasteiger partial charge on any atom is 0.153 e. The first-order chi connectivity index (χ1) is 11.9. The van der Waals surface area contributed by atoms with Gasteiger partial charge in [0.2, 0.25) is 0 Å². The number of hydrogen-bond acceptors (Lipinski definition) is 5. The highest BCUT2D eigenvalue weighted by Crippen LogP contribution is 2.28. The minimum absolute atomic E-state index is 0.0805. The van der Waals surface area contributed by atoms with Crippen LogP contribution in [-0.2, 0) is 22.8 Å². The quantitative estimate of drug-likeness (QED) is 0.748. The van der Waals surface area contributed by atoms with E-state index in [9.17, 15) is 8.42 Å². The Hall–Kier alpha value is -1.24. The topological polar surface area (TPSA) is 53.5 Å². The van der Waals surface area contributed by atoms with Crippen molar-refractivity contribution in [2.75, 3.05) is 31.1 Å². The SMILES string of the molecule is CCc1ccc(CN2CCN(CC=C(C)C)[C@@H]3CS(=O)(=O)C[C@@H]32)nc1. The van der Waals surface area contributed by atoms with Crippen LogP contribution in [0.4, 0.5) is 0 Å². The summed E-state index contributed by atoms with van der Waals surface area (Å²) in [5.41, 5.74) is 3.54. The zero-order valence-corrected chi connectivity index (χ0v) is 16.3. The molecule has 3 heterocycles. The number of aromatic nitrogens is 1. The van der Waals surface area contributed by atoms with E-state index in [2.05, 4.69) is 53.8 Å². The number of aryl methyl sites for hydroxylation is 1. The number of pyridine rings is 1. The van der Waals surface area contributed by atoms with Crippen LogP contribution >= 0.6 is 0 Å². The van der Waals surface area contributed by atoms with E-state index < -0.39 is 9.84 Å². The van der Waals surface area contributed by atoms with E-state index in [1.165, 1.54) is 11.1 Å². The van der Waals surface area contributed by atoms with Crippen molar-refractivity contribution in [1.82, 2.24) is 14.8 Å². The van der Waals surface area contributed by atoms with E-state index in [0.717, 1.165) is 38.3 Å². The van der Waals surface area contributed by atoms with Gasteiger partial charge in [-0.05, 0) is 31.9 Å². The molecule has 0 radical (unpaired) electrons. The van der Waals surface area contributed by atoms with Gasteiger partial charge in [-0.3, -0.25) is 14.8 Å². The fourth-order valence-electron chi connectivity index (χ4n) is 3.79. The molecule has 2 atom stereocenters. The number of rotatable bonds is 5. The third-order valence-electron chi connectivity index (χ3n) is 5.30. The highest BCUT2D eigenvalue weighted by molar-refractivity contribution is 7.91. The van der Waals surface area contributed by atoms with Crippen LogP contribution in [0.5, 0.6) is 0 Å². The molecule has 3 rings (SSSR count). The van der Waals surface area contributed by atoms with Crippen molar-refractivity contribution in [3.8, 4) is 0 Å². The van der Waals surface area contributed by atoms with Gasteiger partial charge in [-0.25, -0.2) is 8.42 Å². The Balaban J connectivity index is 1.74. The lowest BCUT2D eigenvalue weighted by molar-refractivity contribution is 0.0470. The third-order valence-corrected chi connectivity index (χ3v) is 7.00. The smallest absolute Gasteiger partial charge is 0.153 e. The van der Waals surface area contributed by atoms with Crippen molar-refractivity contribution in [2.24, 2.45) is 0 Å². The summed E-state index contributed by atoms with van der Waals surface area (Å²) in [4.78, 5) is 9.22. The molecule has 1 aromatic heterocycles. The molecule has 2 saturated heterocycles. The van der Waals surface area contributed by atoms with Crippen LogP contribution < -0.4 is 0 Å². The molecule has 2 aliphatic rings. The molecule has 0 bridgehead atoms. The summed E-state index contributed by atoms with van der Waals surface area (Å²) >= 11 is 0. The van der Waals surface area contributed by atoms with Crippen LogP contribution in [-0.4, -0.2) is 66.4 Å². The van der Waals surface area contributed by atoms with Gasteiger partial charge in [0.15, 0.2) is 9.84 Å². The molecule has 138 valence electrons. The van der Waals surface area contributed by atoms with E-state index >= 15 is 0 Å². The number of allylic oxidation sites excluding steroid dienone is 1. The second-order valence-electron chi connectivity index (χ2n) is 7.47. The van der Waals surface area contributed by atoms with Gasteiger partial charge in [0.25, 0.3) is 0 Å². The lowest BCUT2D eigenvalue weighted by atomic mass is 10.0. The zero-order valence-electron chi connectivity index (χ0n) is 15.5. The molecule has 0 saturated carbocycles. The summed E-state index contributed by atoms with van der Waals surface area (Å²) in [5, 5.41) is 0. The normalized spacial score (nSPS) is 26.4. The predicted molar refractivity (Wildman–Crippen MR) is 101 cm³/mol. The largest absolute Gasteiger partial charge is 0.293 e. The highest BCUT2D eigenvalue weighted by atomic mass is 32.2. The van der Waals surface area contributed by atoms with Gasteiger partial charge in [-0.2, -0.15) is 0 Å². The Bertz CT molecular complexity index is 724. The van der Waals surface area contributed by atoms with Gasteiger partial charge >= 0.3 is 0 Å². The molecule has 25 heavy (non-hydrogen) atoms. The van der Waals surface area contributed by atoms with E-state index in [0.29, 0.717) is 0 Å². The molecule has 6 heteroatoms. The first kappa shape index (κ1) is 18.5. The summed E-state index contributed by atoms with van der Waals surface area (Å²) in [6.45, 7) is 9.68. The van der Waals surface area contributed by atoms with E-state index in [-0.39, 0.29) is 23.6 Å². The Morgan fingerprint density at radius 2 is 1.88 bits per heavy atom. The van der Waals surface area contributed by atoms with Gasteiger partial charge in [0.1, 0.15) is 0 Å². The number of hydrogen-bond donors (Lipinski definition) is 0. The average molecular weight is 364 g/mol. The summed E-state index contributed by atoms with van der Waals surface area (Å²) in [6.07, 6.45) is 5.12. The minimum Gasteiger partial charge on any atom is -0.293 e. The number of sulfone groups is 1. The molecule has 0 unspecified atom stereocenters. The van der Waals surface area contributed by atoms with Gasteiger partial charge < -0.3 is 0 Å². The van der Waals surface area contributed by atoms with Crippen LogP contribution in [0.3, 0.4) is 0 Å². The summed E-state index contributed by atoms with van der Waals surface area (Å²) in [5.74, 6) is 0.559. The summed E-state index contributed by atoms with van der Waals surface area (Å²) < 4.78 is 24.6. The Morgan fingerprint density at radius 3 is 2.48 bits per heavy atom. The van der Waals surface area contributed by atoms with Crippen molar-refractivity contribution in [3.63, 3.8) is 0 Å². The molecular weight excluding hydrogens is 334 g/mol. The van der Waals surface area contributed by atoms with Gasteiger partial charge in [-0.15, -0.1) is 0 Å². The maximum absolute atomic E-state index is 12.3. The molecule has 0 aromatic carbocycles. The molecule has 1 aromatic rings. The van der Waals surface area contributed by atoms with Crippen LogP contribution in [0.15, 0.2) is 30.0 Å². The lowest BCUT2D eigenvalue weighted by Crippen LogP contribution is -2.58. The second-order valence-corrected chi connectivity index (χ2v) is 9.62. The van der Waals surface area contributed by atoms with E-state index in [4.69, 9.17) is 0 Å². The zero-order chi connectivity index (χ0) is 18.0. The Kier molecular flexibility index (Phi) is 5.61. The third kappa shape index (κ3) is 4.49. The molecule has 5 nitrogen and oxygen atoms in total. The molecule has 0 amide bonds. The van der Waals surface area contributed by atoms with Crippen molar-refractivity contribution in [3.05, 3.63) is 41.2 Å². The fourth-order valence-corrected chi connectivity index (χ4v) is 5.83. The first-order valence-corrected chi connectivity index (χ1v) is 11.0. The highest BCUT2D eigenvalue weighted by Gasteiger charge is 2.46. The van der Waals surface area contributed by atoms with E-state index in [1.807, 2.05) is 6.20 Å². The van der Waals surface area contributed by atoms with E-state index in [1.54, 1.807) is 0 Å². The van der Waals surface area contributed by atoms with Gasteiger partial charge in [0, 0.05) is 44.5 Å². The maximum atomic E-state index is 12.3. The fraction of sp³-hybridized carbons (Fsp3) is 0.632. The number of nitrogens with zero attached hydrogens (tertiary/aromatic N) is 3. The van der Waals surface area contributed by atoms with Crippen LogP contribution in [0.1, 0.15) is 32.0 Å². The van der Waals surface area contributed by atoms with Gasteiger partial charge in [-0.1, -0.05) is 24.6 Å². The summed E-state index contributed by atoms with van der Waals surface area (Å²) in [6, 6.07) is 4.38. The molecular formula is C19H29N3O2S. The Morgan fingerprint density at radius 1 is 1.20 bits per heavy atom. The van der Waals surface area contributed by atoms with Crippen molar-refractivity contribution in [1.29, 1.82) is 0 Å². The minimum atomic E-state index is -2.96. The van der Waals surface area contributed by atoms with Crippen molar-refractivity contribution < 1.29 is 8.42 Å². The van der Waals surface area contributed by atoms with Gasteiger partial charge in [0.05, 0.1) is 17.2 Å². The summed E-state index contributed by atoms with van der Waals surface area (Å²) in [7, 11) is -2.96. The molecule has 2 aliphatic heterocycles. The molecule has 2 fully saturated rings. The van der Waals surface area contributed by atoms with Crippen LogP contribution in [0.25, 0.3) is 0 Å². The monoisotopic (exact) mass is 363 g/mol. The molecule has 0 N–H and O–H groups in total. The molecule has 0 aliphatic carbocycles. The number of fused-ring (bicyclic) bond motifs is 1. The number of piperazine rings is 1. The average Bonchev–Trinajstić information content (AvgIpc) is 2.90.